The van der Waals surface area contributed by atoms with Crippen molar-refractivity contribution in [3.05, 3.63) is 120 Å². The van der Waals surface area contributed by atoms with Gasteiger partial charge in [0, 0.05) is 0 Å². The summed E-state index contributed by atoms with van der Waals surface area (Å²) in [5, 5.41) is 0. The molecule has 1 amide bonds. The average molecular weight is 420 g/mol. The fraction of sp³-hybridized carbons (Fsp3) is 0.143. The van der Waals surface area contributed by atoms with Gasteiger partial charge in [-0.15, -0.1) is 0 Å². The van der Waals surface area contributed by atoms with Crippen LogP contribution in [-0.2, 0) is 16.9 Å². The van der Waals surface area contributed by atoms with Crippen molar-refractivity contribution in [1.29, 1.82) is 0 Å². The van der Waals surface area contributed by atoms with E-state index in [-0.39, 0.29) is 11.9 Å². The van der Waals surface area contributed by atoms with E-state index in [4.69, 9.17) is 10.7 Å². The molecular formula is C28H25N3O. The Bertz CT molecular complexity index is 1230. The molecule has 0 saturated heterocycles. The first-order chi connectivity index (χ1) is 15.7. The van der Waals surface area contributed by atoms with Crippen molar-refractivity contribution in [1.82, 2.24) is 4.90 Å². The number of amides is 1. The maximum absolute atomic E-state index is 14.0. The van der Waals surface area contributed by atoms with Crippen molar-refractivity contribution in [2.75, 3.05) is 0 Å². The summed E-state index contributed by atoms with van der Waals surface area (Å²) >= 11 is 0. The summed E-state index contributed by atoms with van der Waals surface area (Å²) < 4.78 is 0. The maximum atomic E-state index is 14.0. The molecule has 2 N–H and O–H groups in total. The Labute approximate surface area is 188 Å². The maximum Gasteiger partial charge on any atom is 0.266 e. The van der Waals surface area contributed by atoms with Crippen LogP contribution in [-0.4, -0.2) is 16.8 Å². The first kappa shape index (κ1) is 20.0. The molecule has 0 bridgehead atoms. The molecule has 2 aliphatic rings. The van der Waals surface area contributed by atoms with Gasteiger partial charge in [0.1, 0.15) is 0 Å². The van der Waals surface area contributed by atoms with Gasteiger partial charge in [-0.2, -0.15) is 0 Å². The molecule has 1 aliphatic heterocycles. The second-order valence-corrected chi connectivity index (χ2v) is 8.10. The number of nitrogens with two attached hydrogens (primary N) is 1. The topological polar surface area (TPSA) is 58.7 Å². The Balaban J connectivity index is 1.56. The van der Waals surface area contributed by atoms with E-state index >= 15 is 0 Å². The van der Waals surface area contributed by atoms with Gasteiger partial charge in [-0.05, 0) is 40.7 Å². The van der Waals surface area contributed by atoms with Crippen molar-refractivity contribution in [2.45, 2.75) is 24.9 Å². The highest BCUT2D eigenvalue weighted by molar-refractivity contribution is 6.09. The predicted molar refractivity (Wildman–Crippen MR) is 129 cm³/mol. The van der Waals surface area contributed by atoms with Gasteiger partial charge in [-0.25, -0.2) is 4.99 Å². The highest BCUT2D eigenvalue weighted by Crippen LogP contribution is 2.42. The van der Waals surface area contributed by atoms with Crippen LogP contribution in [0.25, 0.3) is 11.1 Å². The fourth-order valence-corrected chi connectivity index (χ4v) is 4.56. The van der Waals surface area contributed by atoms with E-state index in [0.29, 0.717) is 6.54 Å². The number of carbonyl (C=O) groups excluding carboxylic acids is 1. The van der Waals surface area contributed by atoms with E-state index in [1.54, 1.807) is 4.90 Å². The Hall–Kier alpha value is -3.92. The molecule has 5 rings (SSSR count). The van der Waals surface area contributed by atoms with Crippen molar-refractivity contribution >= 4 is 11.9 Å². The predicted octanol–water partition coefficient (Wildman–Crippen LogP) is 5.18. The third-order valence-corrected chi connectivity index (χ3v) is 6.15. The van der Waals surface area contributed by atoms with Gasteiger partial charge in [0.2, 0.25) is 0 Å². The molecule has 1 heterocycles. The molecule has 0 fully saturated rings. The third-order valence-electron chi connectivity index (χ3n) is 6.15. The van der Waals surface area contributed by atoms with Crippen LogP contribution in [0, 0.1) is 0 Å². The van der Waals surface area contributed by atoms with Crippen molar-refractivity contribution in [2.24, 2.45) is 10.7 Å². The standard InChI is InChI=1S/C28H25N3O/c29-27-30-28(23-15-6-2-7-16-23,24-17-8-3-9-18-24)26(32)31(27)20-22-14-10-11-19-25(22)21-12-4-1-5-13-21/h1-2,4-8,10-19H,3,9,20H2,(H2,29,30). The molecule has 1 atom stereocenters. The van der Waals surface area contributed by atoms with Crippen molar-refractivity contribution in [3.63, 3.8) is 0 Å². The quantitative estimate of drug-likeness (QED) is 0.619. The number of guanidine groups is 1. The molecule has 3 aromatic carbocycles. The highest BCUT2D eigenvalue weighted by atomic mass is 16.2. The van der Waals surface area contributed by atoms with Gasteiger partial charge in [0.05, 0.1) is 6.54 Å². The minimum Gasteiger partial charge on any atom is -0.369 e. The summed E-state index contributed by atoms with van der Waals surface area (Å²) in [6.07, 6.45) is 8.10. The van der Waals surface area contributed by atoms with E-state index in [1.807, 2.05) is 72.8 Å². The lowest BCUT2D eigenvalue weighted by Gasteiger charge is -2.29. The number of nitrogens with zero attached hydrogens (tertiary/aromatic N) is 2. The lowest BCUT2D eigenvalue weighted by atomic mass is 9.80. The van der Waals surface area contributed by atoms with Gasteiger partial charge in [0.25, 0.3) is 5.91 Å². The summed E-state index contributed by atoms with van der Waals surface area (Å²) in [5.74, 6) is 0.142. The minimum atomic E-state index is -1.13. The van der Waals surface area contributed by atoms with Crippen LogP contribution < -0.4 is 5.73 Å². The van der Waals surface area contributed by atoms with E-state index < -0.39 is 5.54 Å². The minimum absolute atomic E-state index is 0.109. The lowest BCUT2D eigenvalue weighted by molar-refractivity contribution is -0.130. The van der Waals surface area contributed by atoms with E-state index in [0.717, 1.165) is 40.7 Å². The van der Waals surface area contributed by atoms with Gasteiger partial charge < -0.3 is 5.73 Å². The zero-order chi connectivity index (χ0) is 22.0. The number of allylic oxidation sites excluding steroid dienone is 2. The molecule has 32 heavy (non-hydrogen) atoms. The smallest absolute Gasteiger partial charge is 0.266 e. The molecule has 0 saturated carbocycles. The average Bonchev–Trinajstić information content (AvgIpc) is 3.12. The molecule has 158 valence electrons. The molecular weight excluding hydrogens is 394 g/mol. The molecule has 3 aromatic rings. The Kier molecular flexibility index (Phi) is 5.20. The largest absolute Gasteiger partial charge is 0.369 e. The number of carbonyl (C=O) groups is 1. The summed E-state index contributed by atoms with van der Waals surface area (Å²) in [6.45, 7) is 0.366. The molecule has 4 nitrogen and oxygen atoms in total. The van der Waals surface area contributed by atoms with Crippen LogP contribution in [0.1, 0.15) is 24.0 Å². The second-order valence-electron chi connectivity index (χ2n) is 8.10. The molecule has 0 spiro atoms. The van der Waals surface area contributed by atoms with Gasteiger partial charge >= 0.3 is 0 Å². The number of rotatable bonds is 5. The monoisotopic (exact) mass is 419 g/mol. The van der Waals surface area contributed by atoms with Crippen LogP contribution in [0.3, 0.4) is 0 Å². The van der Waals surface area contributed by atoms with Crippen LogP contribution >= 0.6 is 0 Å². The Morgan fingerprint density at radius 3 is 2.28 bits per heavy atom. The van der Waals surface area contributed by atoms with Gasteiger partial charge in [-0.1, -0.05) is 103 Å². The number of benzene rings is 3. The number of hydrogen-bond acceptors (Lipinski definition) is 3. The summed E-state index contributed by atoms with van der Waals surface area (Å²) in [4.78, 5) is 20.5. The zero-order valence-electron chi connectivity index (χ0n) is 17.8. The SMILES string of the molecule is NC1=NC(C2=CCCC=C2)(c2ccccc2)C(=O)N1Cc1ccccc1-c1ccccc1. The van der Waals surface area contributed by atoms with Crippen LogP contribution in [0.4, 0.5) is 0 Å². The summed E-state index contributed by atoms with van der Waals surface area (Å²) in [7, 11) is 0. The van der Waals surface area contributed by atoms with E-state index in [1.165, 1.54) is 0 Å². The van der Waals surface area contributed by atoms with Crippen LogP contribution in [0.15, 0.2) is 114 Å². The first-order valence-electron chi connectivity index (χ1n) is 10.9. The van der Waals surface area contributed by atoms with Crippen LogP contribution in [0.2, 0.25) is 0 Å². The first-order valence-corrected chi connectivity index (χ1v) is 10.9. The normalized spacial score (nSPS) is 20.2. The molecule has 0 aromatic heterocycles. The van der Waals surface area contributed by atoms with Crippen molar-refractivity contribution in [3.8, 4) is 11.1 Å². The number of aliphatic imine (C=N–C) groups is 1. The lowest BCUT2D eigenvalue weighted by Crippen LogP contribution is -2.43. The summed E-state index contributed by atoms with van der Waals surface area (Å²) in [5.41, 5.74) is 10.2. The second kappa shape index (κ2) is 8.31. The molecule has 4 heteroatoms. The highest BCUT2D eigenvalue weighted by Gasteiger charge is 2.51. The number of hydrogen-bond donors (Lipinski definition) is 1. The Morgan fingerprint density at radius 2 is 1.56 bits per heavy atom. The van der Waals surface area contributed by atoms with Gasteiger partial charge in [-0.3, -0.25) is 9.69 Å². The molecule has 0 radical (unpaired) electrons. The zero-order valence-corrected chi connectivity index (χ0v) is 17.8. The Morgan fingerprint density at radius 1 is 0.875 bits per heavy atom. The fourth-order valence-electron chi connectivity index (χ4n) is 4.56. The summed E-state index contributed by atoms with van der Waals surface area (Å²) in [6, 6.07) is 28.1. The van der Waals surface area contributed by atoms with E-state index in [9.17, 15) is 4.79 Å². The molecule has 1 unspecified atom stereocenters. The van der Waals surface area contributed by atoms with Gasteiger partial charge in [0.15, 0.2) is 11.5 Å². The molecule has 1 aliphatic carbocycles. The third kappa shape index (κ3) is 3.34. The van der Waals surface area contributed by atoms with Crippen LogP contribution in [0.5, 0.6) is 0 Å². The van der Waals surface area contributed by atoms with Crippen molar-refractivity contribution < 1.29 is 4.79 Å². The van der Waals surface area contributed by atoms with E-state index in [2.05, 4.69) is 30.4 Å².